The average molecular weight is 548 g/mol. The van der Waals surface area contributed by atoms with Gasteiger partial charge in [-0.15, -0.1) is 0 Å². The molecule has 36 heavy (non-hydrogen) atoms. The average Bonchev–Trinajstić information content (AvgIpc) is 3.20. The second kappa shape index (κ2) is 10.4. The summed E-state index contributed by atoms with van der Waals surface area (Å²) in [6.45, 7) is 0. The molecule has 0 saturated heterocycles. The van der Waals surface area contributed by atoms with Gasteiger partial charge in [0.05, 0.1) is 38.2 Å². The lowest BCUT2D eigenvalue weighted by atomic mass is 10.1. The molecule has 1 heterocycles. The number of methoxy groups -OCH3 is 1. The summed E-state index contributed by atoms with van der Waals surface area (Å²) in [5.41, 5.74) is 0.432. The maximum absolute atomic E-state index is 12.6. The van der Waals surface area contributed by atoms with Gasteiger partial charge in [0, 0.05) is 12.1 Å². The fourth-order valence-corrected chi connectivity index (χ4v) is 3.90. The van der Waals surface area contributed by atoms with Crippen molar-refractivity contribution in [3.63, 3.8) is 0 Å². The number of nitro benzene ring substituents is 1. The molecule has 0 aliphatic carbocycles. The van der Waals surface area contributed by atoms with Gasteiger partial charge in [0.2, 0.25) is 5.90 Å². The molecule has 3 aromatic carbocycles. The van der Waals surface area contributed by atoms with E-state index in [0.29, 0.717) is 5.56 Å². The second-order valence-electron chi connectivity index (χ2n) is 7.16. The predicted molar refractivity (Wildman–Crippen MR) is 133 cm³/mol. The molecule has 0 saturated carbocycles. The van der Waals surface area contributed by atoms with Crippen LogP contribution in [0.3, 0.4) is 0 Å². The van der Waals surface area contributed by atoms with Crippen LogP contribution in [0.2, 0.25) is 15.1 Å². The van der Waals surface area contributed by atoms with E-state index in [1.807, 2.05) is 0 Å². The minimum absolute atomic E-state index is 0.00796. The molecule has 1 aliphatic rings. The standard InChI is InChI=1S/C24H13Cl3N2O7/c1-34-20-10-12(8-18(27)21(20)35-23(30)15-4-2-3-5-16(15)25)9-19-24(31)36-22(28-19)14-7-6-13(29(32)33)11-17(14)26/h2-11H,1H3/b19-9-. The molecule has 0 radical (unpaired) electrons. The molecule has 0 spiro atoms. The Bertz CT molecular complexity index is 1480. The molecule has 0 bridgehead atoms. The van der Waals surface area contributed by atoms with Gasteiger partial charge in [-0.3, -0.25) is 10.1 Å². The summed E-state index contributed by atoms with van der Waals surface area (Å²) in [5, 5.41) is 11.1. The molecule has 4 rings (SSSR count). The first-order chi connectivity index (χ1) is 17.2. The van der Waals surface area contributed by atoms with Crippen molar-refractivity contribution in [1.82, 2.24) is 0 Å². The molecule has 0 fully saturated rings. The number of ether oxygens (including phenoxy) is 3. The number of aliphatic imine (C=N–C) groups is 1. The number of cyclic esters (lactones) is 1. The third-order valence-corrected chi connectivity index (χ3v) is 5.78. The third kappa shape index (κ3) is 5.18. The molecule has 1 aliphatic heterocycles. The van der Waals surface area contributed by atoms with E-state index in [1.54, 1.807) is 18.2 Å². The zero-order valence-corrected chi connectivity index (χ0v) is 20.4. The van der Waals surface area contributed by atoms with E-state index < -0.39 is 16.9 Å². The second-order valence-corrected chi connectivity index (χ2v) is 8.38. The maximum Gasteiger partial charge on any atom is 0.363 e. The van der Waals surface area contributed by atoms with Crippen molar-refractivity contribution in [2.24, 2.45) is 4.99 Å². The molecular weight excluding hydrogens is 535 g/mol. The Kier molecular flexibility index (Phi) is 7.25. The number of carbonyl (C=O) groups is 2. The number of benzene rings is 3. The van der Waals surface area contributed by atoms with Gasteiger partial charge in [0.1, 0.15) is 0 Å². The maximum atomic E-state index is 12.6. The molecule has 0 N–H and O–H groups in total. The summed E-state index contributed by atoms with van der Waals surface area (Å²) in [6, 6.07) is 12.9. The monoisotopic (exact) mass is 546 g/mol. The summed E-state index contributed by atoms with van der Waals surface area (Å²) in [5.74, 6) is -1.55. The van der Waals surface area contributed by atoms with Crippen LogP contribution in [0, 0.1) is 10.1 Å². The number of carbonyl (C=O) groups excluding carboxylic acids is 2. The Hall–Kier alpha value is -3.92. The van der Waals surface area contributed by atoms with Crippen LogP contribution in [0.1, 0.15) is 21.5 Å². The van der Waals surface area contributed by atoms with Crippen LogP contribution in [0.15, 0.2) is 65.3 Å². The van der Waals surface area contributed by atoms with E-state index in [2.05, 4.69) is 4.99 Å². The number of rotatable bonds is 6. The van der Waals surface area contributed by atoms with Crippen molar-refractivity contribution in [3.05, 3.63) is 102 Å². The Morgan fingerprint density at radius 2 is 1.81 bits per heavy atom. The van der Waals surface area contributed by atoms with E-state index in [1.165, 1.54) is 43.5 Å². The molecule has 3 aromatic rings. The molecule has 0 aromatic heterocycles. The number of nitrogens with zero attached hydrogens (tertiary/aromatic N) is 2. The number of halogens is 3. The fraction of sp³-hybridized carbons (Fsp3) is 0.0417. The van der Waals surface area contributed by atoms with Gasteiger partial charge < -0.3 is 14.2 Å². The van der Waals surface area contributed by atoms with Crippen molar-refractivity contribution < 1.29 is 28.7 Å². The Balaban J connectivity index is 1.64. The Labute approximate surface area is 218 Å². The van der Waals surface area contributed by atoms with Gasteiger partial charge in [-0.05, 0) is 42.0 Å². The molecule has 9 nitrogen and oxygen atoms in total. The van der Waals surface area contributed by atoms with Gasteiger partial charge in [0.25, 0.3) is 5.69 Å². The third-order valence-electron chi connectivity index (χ3n) is 4.86. The number of nitro groups is 1. The molecule has 182 valence electrons. The lowest BCUT2D eigenvalue weighted by Crippen LogP contribution is -2.10. The van der Waals surface area contributed by atoms with Crippen LogP contribution in [-0.2, 0) is 9.53 Å². The predicted octanol–water partition coefficient (Wildman–Crippen LogP) is 6.13. The van der Waals surface area contributed by atoms with E-state index in [9.17, 15) is 19.7 Å². The SMILES string of the molecule is COc1cc(/C=C2\N=C(c3ccc([N+](=O)[O-])cc3Cl)OC2=O)cc(Cl)c1OC(=O)c1ccccc1Cl. The van der Waals surface area contributed by atoms with Crippen LogP contribution < -0.4 is 9.47 Å². The summed E-state index contributed by atoms with van der Waals surface area (Å²) in [6.07, 6.45) is 1.38. The minimum atomic E-state index is -0.774. The van der Waals surface area contributed by atoms with Gasteiger partial charge in [-0.25, -0.2) is 14.6 Å². The van der Waals surface area contributed by atoms with Crippen LogP contribution >= 0.6 is 34.8 Å². The van der Waals surface area contributed by atoms with Crippen molar-refractivity contribution in [2.75, 3.05) is 7.11 Å². The topological polar surface area (TPSA) is 117 Å². The first kappa shape index (κ1) is 25.2. The van der Waals surface area contributed by atoms with Crippen molar-refractivity contribution >= 4 is 64.4 Å². The largest absolute Gasteiger partial charge is 0.493 e. The highest BCUT2D eigenvalue weighted by Crippen LogP contribution is 2.38. The van der Waals surface area contributed by atoms with Crippen molar-refractivity contribution in [1.29, 1.82) is 0 Å². The van der Waals surface area contributed by atoms with E-state index >= 15 is 0 Å². The zero-order chi connectivity index (χ0) is 26.0. The highest BCUT2D eigenvalue weighted by molar-refractivity contribution is 6.35. The van der Waals surface area contributed by atoms with Crippen molar-refractivity contribution in [3.8, 4) is 11.5 Å². The van der Waals surface area contributed by atoms with Gasteiger partial charge >= 0.3 is 11.9 Å². The quantitative estimate of drug-likeness (QED) is 0.120. The fourth-order valence-electron chi connectivity index (χ4n) is 3.17. The highest BCUT2D eigenvalue weighted by Gasteiger charge is 2.27. The van der Waals surface area contributed by atoms with Gasteiger partial charge in [-0.2, -0.15) is 0 Å². The molecule has 0 atom stereocenters. The lowest BCUT2D eigenvalue weighted by Gasteiger charge is -2.12. The minimum Gasteiger partial charge on any atom is -0.493 e. The zero-order valence-electron chi connectivity index (χ0n) is 18.2. The normalized spacial score (nSPS) is 13.8. The molecule has 0 amide bonds. The first-order valence-corrected chi connectivity index (χ1v) is 11.1. The van der Waals surface area contributed by atoms with Crippen LogP contribution in [0.4, 0.5) is 5.69 Å². The first-order valence-electron chi connectivity index (χ1n) is 9.99. The summed E-state index contributed by atoms with van der Waals surface area (Å²) < 4.78 is 15.9. The molecule has 12 heteroatoms. The van der Waals surface area contributed by atoms with Crippen LogP contribution in [-0.4, -0.2) is 29.9 Å². The molecule has 0 unspecified atom stereocenters. The number of esters is 2. The number of non-ortho nitro benzene ring substituents is 1. The molecular formula is C24H13Cl3N2O7. The van der Waals surface area contributed by atoms with E-state index in [0.717, 1.165) is 6.07 Å². The highest BCUT2D eigenvalue weighted by atomic mass is 35.5. The van der Waals surface area contributed by atoms with Gasteiger partial charge in [0.15, 0.2) is 17.2 Å². The Morgan fingerprint density at radius 3 is 2.47 bits per heavy atom. The smallest absolute Gasteiger partial charge is 0.363 e. The van der Waals surface area contributed by atoms with Crippen LogP contribution in [0.25, 0.3) is 6.08 Å². The van der Waals surface area contributed by atoms with Gasteiger partial charge in [-0.1, -0.05) is 46.9 Å². The van der Waals surface area contributed by atoms with Crippen LogP contribution in [0.5, 0.6) is 11.5 Å². The summed E-state index contributed by atoms with van der Waals surface area (Å²) >= 11 is 18.5. The van der Waals surface area contributed by atoms with E-state index in [4.69, 9.17) is 49.0 Å². The summed E-state index contributed by atoms with van der Waals surface area (Å²) in [4.78, 5) is 39.4. The Morgan fingerprint density at radius 1 is 1.06 bits per heavy atom. The van der Waals surface area contributed by atoms with Crippen molar-refractivity contribution in [2.45, 2.75) is 0 Å². The number of hydrogen-bond acceptors (Lipinski definition) is 8. The number of hydrogen-bond donors (Lipinski definition) is 0. The summed E-state index contributed by atoms with van der Waals surface area (Å²) in [7, 11) is 1.35. The van der Waals surface area contributed by atoms with E-state index in [-0.39, 0.29) is 55.0 Å². The lowest BCUT2D eigenvalue weighted by molar-refractivity contribution is -0.384.